The van der Waals surface area contributed by atoms with E-state index in [9.17, 15) is 19.5 Å². The summed E-state index contributed by atoms with van der Waals surface area (Å²) in [6.45, 7) is 5.67. The lowest BCUT2D eigenvalue weighted by Crippen LogP contribution is -2.62. The van der Waals surface area contributed by atoms with Gasteiger partial charge in [0.2, 0.25) is 0 Å². The summed E-state index contributed by atoms with van der Waals surface area (Å²) < 4.78 is 5.65. The van der Waals surface area contributed by atoms with E-state index in [2.05, 4.69) is 13.8 Å². The average Bonchev–Trinajstić information content (AvgIpc) is 2.86. The molecule has 2 unspecified atom stereocenters. The Hall–Kier alpha value is -1.23. The lowest BCUT2D eigenvalue weighted by Gasteiger charge is -2.60. The normalized spacial score (nSPS) is 50.6. The van der Waals surface area contributed by atoms with Gasteiger partial charge in [0.25, 0.3) is 0 Å². The standard InChI is InChI=1S/C21H30O5/c1-11(22)26-16-10-12-13-4-5-17(24)20(13,2)8-6-14(12)21(3)9-7-15(23)19(25)18(16)21/h12-16,18,23H,4-10H2,1-3H3/t12-,13-,14-,15-,16?,18?,20-,21+/m0/s1. The molecule has 5 nitrogen and oxygen atoms in total. The van der Waals surface area contributed by atoms with E-state index in [1.165, 1.54) is 6.92 Å². The second-order valence-corrected chi connectivity index (χ2v) is 9.62. The number of fused-ring (bicyclic) bond motifs is 5. The summed E-state index contributed by atoms with van der Waals surface area (Å²) in [6, 6.07) is 0. The van der Waals surface area contributed by atoms with Crippen LogP contribution in [0.2, 0.25) is 0 Å². The van der Waals surface area contributed by atoms with Crippen LogP contribution in [0.25, 0.3) is 0 Å². The molecule has 26 heavy (non-hydrogen) atoms. The minimum atomic E-state index is -0.940. The van der Waals surface area contributed by atoms with Crippen molar-refractivity contribution in [1.29, 1.82) is 0 Å². The van der Waals surface area contributed by atoms with Gasteiger partial charge in [-0.2, -0.15) is 0 Å². The van der Waals surface area contributed by atoms with Gasteiger partial charge in [-0.3, -0.25) is 14.4 Å². The second-order valence-electron chi connectivity index (χ2n) is 9.62. The lowest BCUT2D eigenvalue weighted by molar-refractivity contribution is -0.192. The summed E-state index contributed by atoms with van der Waals surface area (Å²) >= 11 is 0. The first-order valence-electron chi connectivity index (χ1n) is 10.1. The molecule has 1 N–H and O–H groups in total. The van der Waals surface area contributed by atoms with Gasteiger partial charge in [-0.1, -0.05) is 13.8 Å². The van der Waals surface area contributed by atoms with Gasteiger partial charge in [0, 0.05) is 18.8 Å². The molecule has 0 bridgehead atoms. The van der Waals surface area contributed by atoms with E-state index in [4.69, 9.17) is 4.74 Å². The molecule has 8 atom stereocenters. The van der Waals surface area contributed by atoms with Crippen LogP contribution in [-0.4, -0.2) is 34.9 Å². The molecular formula is C21H30O5. The number of hydrogen-bond donors (Lipinski definition) is 1. The number of carbonyl (C=O) groups is 3. The van der Waals surface area contributed by atoms with E-state index in [-0.39, 0.29) is 22.6 Å². The van der Waals surface area contributed by atoms with Gasteiger partial charge in [-0.05, 0) is 61.7 Å². The smallest absolute Gasteiger partial charge is 0.302 e. The van der Waals surface area contributed by atoms with Crippen LogP contribution in [-0.2, 0) is 19.1 Å². The Kier molecular flexibility index (Phi) is 4.11. The molecule has 0 aromatic rings. The van der Waals surface area contributed by atoms with Gasteiger partial charge in [0.05, 0.1) is 5.92 Å². The zero-order valence-electron chi connectivity index (χ0n) is 16.0. The van der Waals surface area contributed by atoms with Crippen LogP contribution in [0.3, 0.4) is 0 Å². The van der Waals surface area contributed by atoms with Crippen molar-refractivity contribution in [2.75, 3.05) is 0 Å². The van der Waals surface area contributed by atoms with E-state index >= 15 is 0 Å². The zero-order chi connectivity index (χ0) is 18.9. The predicted molar refractivity (Wildman–Crippen MR) is 94.1 cm³/mol. The van der Waals surface area contributed by atoms with E-state index in [0.717, 1.165) is 25.7 Å². The third-order valence-electron chi connectivity index (χ3n) is 8.49. The minimum absolute atomic E-state index is 0.153. The predicted octanol–water partition coefficient (Wildman–Crippen LogP) is 2.68. The van der Waals surface area contributed by atoms with Crippen LogP contribution < -0.4 is 0 Å². The maximum absolute atomic E-state index is 12.9. The Balaban J connectivity index is 1.74. The number of aliphatic hydroxyl groups is 1. The molecule has 0 saturated heterocycles. The third kappa shape index (κ3) is 2.35. The van der Waals surface area contributed by atoms with E-state index in [1.54, 1.807) is 0 Å². The fourth-order valence-electron chi connectivity index (χ4n) is 7.24. The summed E-state index contributed by atoms with van der Waals surface area (Å²) in [6.07, 6.45) is 3.92. The van der Waals surface area contributed by atoms with E-state index in [1.807, 2.05) is 0 Å². The van der Waals surface area contributed by atoms with Gasteiger partial charge in [-0.15, -0.1) is 0 Å². The van der Waals surface area contributed by atoms with Gasteiger partial charge in [0.1, 0.15) is 18.0 Å². The molecule has 0 aliphatic heterocycles. The number of rotatable bonds is 1. The van der Waals surface area contributed by atoms with Crippen LogP contribution in [0.4, 0.5) is 0 Å². The fourth-order valence-corrected chi connectivity index (χ4v) is 7.24. The molecule has 0 spiro atoms. The molecular weight excluding hydrogens is 332 g/mol. The largest absolute Gasteiger partial charge is 0.462 e. The summed E-state index contributed by atoms with van der Waals surface area (Å²) in [4.78, 5) is 37.2. The van der Waals surface area contributed by atoms with E-state index in [0.29, 0.717) is 42.8 Å². The van der Waals surface area contributed by atoms with Crippen molar-refractivity contribution < 1.29 is 24.2 Å². The Morgan fingerprint density at radius 1 is 1.12 bits per heavy atom. The molecule has 0 amide bonds. The Morgan fingerprint density at radius 2 is 1.85 bits per heavy atom. The average molecular weight is 362 g/mol. The second kappa shape index (κ2) is 5.88. The molecule has 5 heteroatoms. The van der Waals surface area contributed by atoms with Crippen LogP contribution in [0.5, 0.6) is 0 Å². The Bertz CT molecular complexity index is 657. The topological polar surface area (TPSA) is 80.7 Å². The number of hydrogen-bond acceptors (Lipinski definition) is 5. The van der Waals surface area contributed by atoms with Crippen molar-refractivity contribution in [1.82, 2.24) is 0 Å². The first-order chi connectivity index (χ1) is 12.2. The van der Waals surface area contributed by atoms with Gasteiger partial charge >= 0.3 is 5.97 Å². The summed E-state index contributed by atoms with van der Waals surface area (Å²) in [5.41, 5.74) is -0.504. The molecule has 0 radical (unpaired) electrons. The molecule has 4 aliphatic rings. The molecule has 0 aromatic heterocycles. The fraction of sp³-hybridized carbons (Fsp3) is 0.857. The summed E-state index contributed by atoms with van der Waals surface area (Å²) in [7, 11) is 0. The van der Waals surface area contributed by atoms with Crippen molar-refractivity contribution >= 4 is 17.5 Å². The molecule has 4 fully saturated rings. The van der Waals surface area contributed by atoms with Crippen LogP contribution in [0.15, 0.2) is 0 Å². The van der Waals surface area contributed by atoms with Crippen molar-refractivity contribution in [3.63, 3.8) is 0 Å². The first kappa shape index (κ1) is 18.1. The SMILES string of the molecule is CC(=O)OC1C[C@@H]2[C@H](CC[C@]3(C)C(=O)CC[C@@H]23)[C@@]2(C)CC[C@H](O)C(=O)C12. The molecule has 4 rings (SSSR count). The van der Waals surface area contributed by atoms with Crippen molar-refractivity contribution in [3.8, 4) is 0 Å². The van der Waals surface area contributed by atoms with Gasteiger partial charge in [-0.25, -0.2) is 0 Å². The first-order valence-corrected chi connectivity index (χ1v) is 10.1. The molecule has 0 heterocycles. The highest BCUT2D eigenvalue weighted by atomic mass is 16.5. The van der Waals surface area contributed by atoms with E-state index < -0.39 is 18.1 Å². The highest BCUT2D eigenvalue weighted by Crippen LogP contribution is 2.65. The van der Waals surface area contributed by atoms with Crippen LogP contribution >= 0.6 is 0 Å². The molecule has 4 saturated carbocycles. The number of carbonyl (C=O) groups excluding carboxylic acids is 3. The summed E-state index contributed by atoms with van der Waals surface area (Å²) in [5.74, 6) is 0.439. The summed E-state index contributed by atoms with van der Waals surface area (Å²) in [5, 5.41) is 10.2. The lowest BCUT2D eigenvalue weighted by atomic mass is 9.44. The minimum Gasteiger partial charge on any atom is -0.462 e. The Labute approximate surface area is 154 Å². The van der Waals surface area contributed by atoms with Gasteiger partial charge < -0.3 is 9.84 Å². The number of ketones is 2. The van der Waals surface area contributed by atoms with Crippen molar-refractivity contribution in [3.05, 3.63) is 0 Å². The van der Waals surface area contributed by atoms with Crippen LogP contribution in [0, 0.1) is 34.5 Å². The van der Waals surface area contributed by atoms with Gasteiger partial charge in [0.15, 0.2) is 5.78 Å². The highest BCUT2D eigenvalue weighted by molar-refractivity contribution is 5.88. The molecule has 144 valence electrons. The maximum atomic E-state index is 12.9. The van der Waals surface area contributed by atoms with Crippen molar-refractivity contribution in [2.45, 2.75) is 77.9 Å². The number of aliphatic hydroxyl groups excluding tert-OH is 1. The van der Waals surface area contributed by atoms with Crippen LogP contribution in [0.1, 0.15) is 65.7 Å². The Morgan fingerprint density at radius 3 is 2.54 bits per heavy atom. The number of esters is 1. The quantitative estimate of drug-likeness (QED) is 0.726. The third-order valence-corrected chi connectivity index (χ3v) is 8.49. The molecule has 4 aliphatic carbocycles. The number of Topliss-reactive ketones (excluding diaryl/α,β-unsaturated/α-hetero) is 2. The monoisotopic (exact) mass is 362 g/mol. The maximum Gasteiger partial charge on any atom is 0.302 e. The zero-order valence-corrected chi connectivity index (χ0v) is 16.0. The van der Waals surface area contributed by atoms with Crippen molar-refractivity contribution in [2.24, 2.45) is 34.5 Å². The number of ether oxygens (including phenoxy) is 1. The molecule has 0 aromatic carbocycles. The highest BCUT2D eigenvalue weighted by Gasteiger charge is 2.64.